The van der Waals surface area contributed by atoms with Gasteiger partial charge < -0.3 is 5.11 Å². The number of nitrogens with one attached hydrogen (secondary N) is 1. The largest absolute Gasteiger partial charge is 0.477 e. The Hall–Kier alpha value is -1.64. The van der Waals surface area contributed by atoms with Gasteiger partial charge in [0.05, 0.1) is 5.69 Å². The van der Waals surface area contributed by atoms with Gasteiger partial charge in [0.15, 0.2) is 0 Å². The molecule has 0 aliphatic rings. The van der Waals surface area contributed by atoms with Crippen molar-refractivity contribution in [3.63, 3.8) is 0 Å². The first-order valence-corrected chi connectivity index (χ1v) is 8.01. The second-order valence-electron chi connectivity index (χ2n) is 3.85. The van der Waals surface area contributed by atoms with E-state index in [1.165, 1.54) is 30.6 Å². The summed E-state index contributed by atoms with van der Waals surface area (Å²) in [6.07, 6.45) is 1.35. The zero-order chi connectivity index (χ0) is 14.9. The molecule has 0 aliphatic carbocycles. The molecular formula is C11H9ClN2O4S2. The monoisotopic (exact) mass is 332 g/mol. The van der Waals surface area contributed by atoms with Gasteiger partial charge in [-0.15, -0.1) is 11.3 Å². The number of hydrogen-bond acceptors (Lipinski definition) is 5. The van der Waals surface area contributed by atoms with Gasteiger partial charge in [0.2, 0.25) is 0 Å². The van der Waals surface area contributed by atoms with Crippen LogP contribution in [-0.2, 0) is 10.0 Å². The van der Waals surface area contributed by atoms with Gasteiger partial charge >= 0.3 is 5.97 Å². The Morgan fingerprint density at radius 1 is 1.50 bits per heavy atom. The molecule has 0 atom stereocenters. The first kappa shape index (κ1) is 14.8. The van der Waals surface area contributed by atoms with E-state index < -0.39 is 16.0 Å². The Bertz CT molecular complexity index is 770. The Morgan fingerprint density at radius 2 is 2.20 bits per heavy atom. The molecule has 0 radical (unpaired) electrons. The van der Waals surface area contributed by atoms with Crippen molar-refractivity contribution < 1.29 is 18.3 Å². The molecule has 2 rings (SSSR count). The average Bonchev–Trinajstić information content (AvgIpc) is 2.71. The summed E-state index contributed by atoms with van der Waals surface area (Å²) in [4.78, 5) is 14.3. The van der Waals surface area contributed by atoms with Gasteiger partial charge in [-0.05, 0) is 30.0 Å². The molecule has 0 aromatic carbocycles. The first-order valence-electron chi connectivity index (χ1n) is 5.27. The van der Waals surface area contributed by atoms with Crippen LogP contribution in [0, 0.1) is 6.92 Å². The highest BCUT2D eigenvalue weighted by molar-refractivity contribution is 7.93. The maximum atomic E-state index is 12.3. The highest BCUT2D eigenvalue weighted by Gasteiger charge is 2.26. The number of nitrogens with zero attached hydrogens (tertiary/aromatic N) is 1. The number of sulfonamides is 1. The maximum Gasteiger partial charge on any atom is 0.347 e. The lowest BCUT2D eigenvalue weighted by molar-refractivity contribution is 0.0698. The quantitative estimate of drug-likeness (QED) is 0.839. The standard InChI is InChI=1S/C11H9ClN2O4S2/c1-6-5-19-9(11(15)16)10(6)20(17,18)14-7-2-3-13-8(12)4-7/h2-5H,1H3,(H,13,14)(H,15,16). The summed E-state index contributed by atoms with van der Waals surface area (Å²) in [7, 11) is -4.00. The highest BCUT2D eigenvalue weighted by Crippen LogP contribution is 2.28. The Kier molecular flexibility index (Phi) is 3.98. The van der Waals surface area contributed by atoms with Crippen LogP contribution in [-0.4, -0.2) is 24.5 Å². The van der Waals surface area contributed by atoms with E-state index in [4.69, 9.17) is 16.7 Å². The van der Waals surface area contributed by atoms with Crippen molar-refractivity contribution in [2.45, 2.75) is 11.8 Å². The van der Waals surface area contributed by atoms with Gasteiger partial charge in [-0.2, -0.15) is 0 Å². The van der Waals surface area contributed by atoms with Crippen LogP contribution in [0.1, 0.15) is 15.2 Å². The van der Waals surface area contributed by atoms with Crippen molar-refractivity contribution in [3.8, 4) is 0 Å². The van der Waals surface area contributed by atoms with Crippen molar-refractivity contribution in [2.75, 3.05) is 4.72 Å². The number of anilines is 1. The lowest BCUT2D eigenvalue weighted by Crippen LogP contribution is -2.16. The summed E-state index contributed by atoms with van der Waals surface area (Å²) in [5.41, 5.74) is 0.590. The predicted octanol–water partition coefficient (Wildman–Crippen LogP) is 2.60. The van der Waals surface area contributed by atoms with Crippen molar-refractivity contribution in [2.24, 2.45) is 0 Å². The number of aromatic nitrogens is 1. The predicted molar refractivity (Wildman–Crippen MR) is 76.1 cm³/mol. The second-order valence-corrected chi connectivity index (χ2v) is 6.74. The van der Waals surface area contributed by atoms with E-state index in [-0.39, 0.29) is 20.6 Å². The van der Waals surface area contributed by atoms with Gasteiger partial charge in [0, 0.05) is 6.20 Å². The summed E-state index contributed by atoms with van der Waals surface area (Å²) in [5, 5.41) is 10.7. The molecule has 106 valence electrons. The molecule has 2 aromatic rings. The van der Waals surface area contributed by atoms with Crippen LogP contribution < -0.4 is 4.72 Å². The van der Waals surface area contributed by atoms with Crippen LogP contribution in [0.3, 0.4) is 0 Å². The number of carboxylic acid groups (broad SMARTS) is 1. The van der Waals surface area contributed by atoms with E-state index in [0.717, 1.165) is 11.3 Å². The molecule has 0 saturated carbocycles. The third-order valence-electron chi connectivity index (χ3n) is 2.36. The Balaban J connectivity index is 2.46. The Labute approximate surface area is 124 Å². The van der Waals surface area contributed by atoms with Gasteiger partial charge in [-0.25, -0.2) is 18.2 Å². The number of hydrogen-bond donors (Lipinski definition) is 2. The molecule has 2 N–H and O–H groups in total. The van der Waals surface area contributed by atoms with Gasteiger partial charge in [0.1, 0.15) is 14.9 Å². The van der Waals surface area contributed by atoms with Gasteiger partial charge in [-0.1, -0.05) is 11.6 Å². The number of aryl methyl sites for hydroxylation is 1. The third-order valence-corrected chi connectivity index (χ3v) is 5.35. The second kappa shape index (κ2) is 5.39. The number of carboxylic acids is 1. The minimum absolute atomic E-state index is 0.130. The minimum Gasteiger partial charge on any atom is -0.477 e. The summed E-state index contributed by atoms with van der Waals surface area (Å²) in [6.45, 7) is 1.54. The number of pyridine rings is 1. The van der Waals surface area contributed by atoms with Crippen LogP contribution in [0.15, 0.2) is 28.6 Å². The summed E-state index contributed by atoms with van der Waals surface area (Å²) in [5.74, 6) is -1.28. The normalized spacial score (nSPS) is 11.3. The van der Waals surface area contributed by atoms with Crippen molar-refractivity contribution >= 4 is 44.6 Å². The molecule has 0 amide bonds. The van der Waals surface area contributed by atoms with Gasteiger partial charge in [-0.3, -0.25) is 4.72 Å². The number of carbonyl (C=O) groups is 1. The lowest BCUT2D eigenvalue weighted by atomic mass is 10.3. The molecule has 0 aliphatic heterocycles. The zero-order valence-electron chi connectivity index (χ0n) is 10.1. The number of halogens is 1. The average molecular weight is 333 g/mol. The number of thiophene rings is 1. The topological polar surface area (TPSA) is 96.4 Å². The summed E-state index contributed by atoms with van der Waals surface area (Å²) >= 11 is 6.54. The van der Waals surface area contributed by atoms with Crippen LogP contribution in [0.5, 0.6) is 0 Å². The summed E-state index contributed by atoms with van der Waals surface area (Å²) in [6, 6.07) is 2.76. The smallest absolute Gasteiger partial charge is 0.347 e. The van der Waals surface area contributed by atoms with E-state index in [1.807, 2.05) is 0 Å². The molecule has 0 spiro atoms. The number of aromatic carboxylic acids is 1. The first-order chi connectivity index (χ1) is 9.31. The zero-order valence-corrected chi connectivity index (χ0v) is 12.5. The van der Waals surface area contributed by atoms with E-state index in [2.05, 4.69) is 9.71 Å². The molecule has 0 saturated heterocycles. The van der Waals surface area contributed by atoms with E-state index in [0.29, 0.717) is 5.56 Å². The molecule has 0 fully saturated rings. The fourth-order valence-electron chi connectivity index (χ4n) is 1.59. The fraction of sp³-hybridized carbons (Fsp3) is 0.0909. The fourth-order valence-corrected chi connectivity index (χ4v) is 4.44. The molecule has 0 unspecified atom stereocenters. The molecule has 0 bridgehead atoms. The molecule has 2 aromatic heterocycles. The minimum atomic E-state index is -4.00. The van der Waals surface area contributed by atoms with Crippen LogP contribution in [0.25, 0.3) is 0 Å². The molecule has 6 nitrogen and oxygen atoms in total. The maximum absolute atomic E-state index is 12.3. The van der Waals surface area contributed by atoms with Crippen molar-refractivity contribution in [1.29, 1.82) is 0 Å². The van der Waals surface area contributed by atoms with Crippen molar-refractivity contribution in [1.82, 2.24) is 4.98 Å². The summed E-state index contributed by atoms with van der Waals surface area (Å²) < 4.78 is 26.9. The van der Waals surface area contributed by atoms with E-state index >= 15 is 0 Å². The van der Waals surface area contributed by atoms with E-state index in [9.17, 15) is 13.2 Å². The SMILES string of the molecule is Cc1csc(C(=O)O)c1S(=O)(=O)Nc1ccnc(Cl)c1. The number of rotatable bonds is 4. The van der Waals surface area contributed by atoms with Gasteiger partial charge in [0.25, 0.3) is 10.0 Å². The molecule has 20 heavy (non-hydrogen) atoms. The lowest BCUT2D eigenvalue weighted by Gasteiger charge is -2.08. The van der Waals surface area contributed by atoms with E-state index in [1.54, 1.807) is 0 Å². The Morgan fingerprint density at radius 3 is 2.80 bits per heavy atom. The van der Waals surface area contributed by atoms with Crippen molar-refractivity contribution in [3.05, 3.63) is 39.3 Å². The highest BCUT2D eigenvalue weighted by atomic mass is 35.5. The van der Waals surface area contributed by atoms with Crippen LogP contribution in [0.4, 0.5) is 5.69 Å². The molecule has 2 heterocycles. The third kappa shape index (κ3) is 2.92. The molecular weight excluding hydrogens is 324 g/mol. The van der Waals surface area contributed by atoms with Crippen LogP contribution >= 0.6 is 22.9 Å². The molecule has 9 heteroatoms. The van der Waals surface area contributed by atoms with Crippen LogP contribution in [0.2, 0.25) is 5.15 Å².